The third-order valence-electron chi connectivity index (χ3n) is 1.26. The Balaban J connectivity index is 2.94. The molecule has 0 aliphatic heterocycles. The normalized spacial score (nSPS) is 10.6. The summed E-state index contributed by atoms with van der Waals surface area (Å²) in [4.78, 5) is 4.51. The third-order valence-corrected chi connectivity index (χ3v) is 1.82. The zero-order valence-corrected chi connectivity index (χ0v) is 7.93. The average molecular weight is 204 g/mol. The minimum absolute atomic E-state index is 0.559. The average Bonchev–Trinajstić information content (AvgIpc) is 2.03. The lowest BCUT2D eigenvalue weighted by Crippen LogP contribution is -1.83. The highest BCUT2D eigenvalue weighted by Gasteiger charge is 1.97. The van der Waals surface area contributed by atoms with Crippen molar-refractivity contribution in [3.05, 3.63) is 33.8 Å². The van der Waals surface area contributed by atoms with Gasteiger partial charge in [-0.05, 0) is 12.1 Å². The standard InChI is InChI=1S/C8H7Cl2NO/c1-12-11-5-6-2-3-7(9)4-8(6)10/h2-5H,1H3/b11-5+. The van der Waals surface area contributed by atoms with Crippen molar-refractivity contribution in [3.8, 4) is 0 Å². The number of oxime groups is 1. The summed E-state index contributed by atoms with van der Waals surface area (Å²) in [6.45, 7) is 0. The summed E-state index contributed by atoms with van der Waals surface area (Å²) in [6, 6.07) is 5.16. The Morgan fingerprint density at radius 2 is 2.17 bits per heavy atom. The first-order valence-corrected chi connectivity index (χ1v) is 4.01. The number of hydrogen-bond donors (Lipinski definition) is 0. The molecule has 4 heteroatoms. The van der Waals surface area contributed by atoms with Gasteiger partial charge in [0.1, 0.15) is 7.11 Å². The highest BCUT2D eigenvalue weighted by atomic mass is 35.5. The quantitative estimate of drug-likeness (QED) is 0.536. The van der Waals surface area contributed by atoms with Crippen LogP contribution in [0.25, 0.3) is 0 Å². The van der Waals surface area contributed by atoms with Gasteiger partial charge in [0.15, 0.2) is 0 Å². The molecular formula is C8H7Cl2NO. The van der Waals surface area contributed by atoms with Gasteiger partial charge in [-0.2, -0.15) is 0 Å². The Bertz CT molecular complexity index is 299. The summed E-state index contributed by atoms with van der Waals surface area (Å²) < 4.78 is 0. The molecule has 0 bridgehead atoms. The Labute approximate surface area is 80.7 Å². The Hall–Kier alpha value is -0.730. The van der Waals surface area contributed by atoms with Gasteiger partial charge in [-0.25, -0.2) is 0 Å². The van der Waals surface area contributed by atoms with Gasteiger partial charge in [0.2, 0.25) is 0 Å². The SMILES string of the molecule is CO/N=C/c1ccc(Cl)cc1Cl. The topological polar surface area (TPSA) is 21.6 Å². The van der Waals surface area contributed by atoms with Crippen LogP contribution in [0.15, 0.2) is 23.4 Å². The minimum Gasteiger partial charge on any atom is -0.399 e. The fourth-order valence-corrected chi connectivity index (χ4v) is 1.17. The molecule has 0 fully saturated rings. The molecule has 2 nitrogen and oxygen atoms in total. The summed E-state index contributed by atoms with van der Waals surface area (Å²) in [6.07, 6.45) is 1.53. The fraction of sp³-hybridized carbons (Fsp3) is 0.125. The minimum atomic E-state index is 0.559. The molecule has 0 atom stereocenters. The third kappa shape index (κ3) is 2.40. The van der Waals surface area contributed by atoms with Crippen LogP contribution in [-0.2, 0) is 4.84 Å². The number of hydrogen-bond acceptors (Lipinski definition) is 2. The fourth-order valence-electron chi connectivity index (χ4n) is 0.716. The molecule has 1 aromatic rings. The van der Waals surface area contributed by atoms with Crippen molar-refractivity contribution >= 4 is 29.4 Å². The zero-order valence-electron chi connectivity index (χ0n) is 6.42. The van der Waals surface area contributed by atoms with Crippen molar-refractivity contribution in [3.63, 3.8) is 0 Å². The molecule has 0 aromatic heterocycles. The van der Waals surface area contributed by atoms with Gasteiger partial charge in [0.25, 0.3) is 0 Å². The second-order valence-electron chi connectivity index (χ2n) is 2.08. The van der Waals surface area contributed by atoms with Crippen LogP contribution in [-0.4, -0.2) is 13.3 Å². The molecule has 12 heavy (non-hydrogen) atoms. The molecule has 0 saturated heterocycles. The summed E-state index contributed by atoms with van der Waals surface area (Å²) in [7, 11) is 1.47. The first-order valence-electron chi connectivity index (χ1n) is 3.25. The van der Waals surface area contributed by atoms with Crippen molar-refractivity contribution in [2.45, 2.75) is 0 Å². The smallest absolute Gasteiger partial charge is 0.106 e. The van der Waals surface area contributed by atoms with Gasteiger partial charge in [0, 0.05) is 10.6 Å². The van der Waals surface area contributed by atoms with E-state index in [2.05, 4.69) is 9.99 Å². The maximum atomic E-state index is 5.83. The molecular weight excluding hydrogens is 197 g/mol. The van der Waals surface area contributed by atoms with Gasteiger partial charge in [0.05, 0.1) is 11.2 Å². The van der Waals surface area contributed by atoms with Crippen LogP contribution >= 0.6 is 23.2 Å². The van der Waals surface area contributed by atoms with Crippen LogP contribution < -0.4 is 0 Å². The lowest BCUT2D eigenvalue weighted by molar-refractivity contribution is 0.215. The molecule has 0 N–H and O–H groups in total. The van der Waals surface area contributed by atoms with Crippen LogP contribution in [0, 0.1) is 0 Å². The van der Waals surface area contributed by atoms with E-state index in [0.717, 1.165) is 5.56 Å². The van der Waals surface area contributed by atoms with Crippen molar-refractivity contribution < 1.29 is 4.84 Å². The molecule has 1 aromatic carbocycles. The van der Waals surface area contributed by atoms with Crippen LogP contribution in [0.4, 0.5) is 0 Å². The largest absolute Gasteiger partial charge is 0.399 e. The van der Waals surface area contributed by atoms with Gasteiger partial charge in [-0.3, -0.25) is 0 Å². The lowest BCUT2D eigenvalue weighted by atomic mass is 10.2. The molecule has 0 aliphatic carbocycles. The Morgan fingerprint density at radius 3 is 2.75 bits per heavy atom. The van der Waals surface area contributed by atoms with E-state index in [1.54, 1.807) is 18.2 Å². The summed E-state index contributed by atoms with van der Waals surface area (Å²) in [5, 5.41) is 4.74. The van der Waals surface area contributed by atoms with Crippen molar-refractivity contribution in [2.75, 3.05) is 7.11 Å². The van der Waals surface area contributed by atoms with E-state index in [0.29, 0.717) is 10.0 Å². The van der Waals surface area contributed by atoms with Crippen LogP contribution in [0.5, 0.6) is 0 Å². The number of benzene rings is 1. The van der Waals surface area contributed by atoms with Crippen LogP contribution in [0.1, 0.15) is 5.56 Å². The summed E-state index contributed by atoms with van der Waals surface area (Å²) in [5.74, 6) is 0. The first kappa shape index (κ1) is 9.36. The predicted molar refractivity (Wildman–Crippen MR) is 51.1 cm³/mol. The molecule has 0 unspecified atom stereocenters. The molecule has 0 amide bonds. The van der Waals surface area contributed by atoms with Gasteiger partial charge in [-0.1, -0.05) is 34.4 Å². The summed E-state index contributed by atoms with van der Waals surface area (Å²) in [5.41, 5.74) is 0.780. The van der Waals surface area contributed by atoms with Gasteiger partial charge >= 0.3 is 0 Å². The first-order chi connectivity index (χ1) is 5.74. The number of rotatable bonds is 2. The zero-order chi connectivity index (χ0) is 8.97. The second kappa shape index (κ2) is 4.33. The number of nitrogens with zero attached hydrogens (tertiary/aromatic N) is 1. The molecule has 64 valence electrons. The van der Waals surface area contributed by atoms with Gasteiger partial charge in [-0.15, -0.1) is 0 Å². The molecule has 0 radical (unpaired) electrons. The van der Waals surface area contributed by atoms with Crippen molar-refractivity contribution in [2.24, 2.45) is 5.16 Å². The molecule has 0 saturated carbocycles. The van der Waals surface area contributed by atoms with E-state index in [1.165, 1.54) is 13.3 Å². The Kier molecular flexibility index (Phi) is 3.38. The molecule has 0 heterocycles. The molecule has 0 aliphatic rings. The molecule has 1 rings (SSSR count). The Morgan fingerprint density at radius 1 is 1.42 bits per heavy atom. The van der Waals surface area contributed by atoms with Crippen LogP contribution in [0.3, 0.4) is 0 Å². The second-order valence-corrected chi connectivity index (χ2v) is 2.93. The van der Waals surface area contributed by atoms with E-state index in [9.17, 15) is 0 Å². The molecule has 0 spiro atoms. The van der Waals surface area contributed by atoms with Crippen LogP contribution in [0.2, 0.25) is 10.0 Å². The number of halogens is 2. The van der Waals surface area contributed by atoms with E-state index in [4.69, 9.17) is 23.2 Å². The van der Waals surface area contributed by atoms with E-state index < -0.39 is 0 Å². The van der Waals surface area contributed by atoms with E-state index >= 15 is 0 Å². The summed E-state index contributed by atoms with van der Waals surface area (Å²) >= 11 is 11.5. The van der Waals surface area contributed by atoms with E-state index in [-0.39, 0.29) is 0 Å². The highest BCUT2D eigenvalue weighted by molar-refractivity contribution is 6.36. The lowest BCUT2D eigenvalue weighted by Gasteiger charge is -1.96. The van der Waals surface area contributed by atoms with Gasteiger partial charge < -0.3 is 4.84 Å². The predicted octanol–water partition coefficient (Wildman–Crippen LogP) is 2.97. The monoisotopic (exact) mass is 203 g/mol. The van der Waals surface area contributed by atoms with Crippen molar-refractivity contribution in [1.29, 1.82) is 0 Å². The maximum absolute atomic E-state index is 5.83. The maximum Gasteiger partial charge on any atom is 0.106 e. The highest BCUT2D eigenvalue weighted by Crippen LogP contribution is 2.19. The van der Waals surface area contributed by atoms with Crippen molar-refractivity contribution in [1.82, 2.24) is 0 Å². The van der Waals surface area contributed by atoms with E-state index in [1.807, 2.05) is 0 Å².